The summed E-state index contributed by atoms with van der Waals surface area (Å²) < 4.78 is 0. The van der Waals surface area contributed by atoms with Gasteiger partial charge in [0.1, 0.15) is 5.84 Å². The van der Waals surface area contributed by atoms with Gasteiger partial charge in [0.25, 0.3) is 0 Å². The van der Waals surface area contributed by atoms with Crippen LogP contribution in [0.25, 0.3) is 0 Å². The van der Waals surface area contributed by atoms with Crippen molar-refractivity contribution < 1.29 is 59.8 Å². The van der Waals surface area contributed by atoms with Crippen LogP contribution in [-0.4, -0.2) is 5.84 Å². The molecule has 102 valence electrons. The van der Waals surface area contributed by atoms with Crippen LogP contribution in [-0.2, 0) is 25.8 Å². The Labute approximate surface area is 154 Å². The predicted molar refractivity (Wildman–Crippen MR) is 68.0 cm³/mol. The number of nitrogens with two attached hydrogens (primary N) is 1. The van der Waals surface area contributed by atoms with Crippen LogP contribution in [0.1, 0.15) is 28.2 Å². The molecule has 0 aliphatic heterocycles. The summed E-state index contributed by atoms with van der Waals surface area (Å²) in [6.07, 6.45) is 8.49. The van der Waals surface area contributed by atoms with Gasteiger partial charge in [0, 0.05) is 37.3 Å². The quantitative estimate of drug-likeness (QED) is 0.228. The molecule has 19 heavy (non-hydrogen) atoms. The van der Waals surface area contributed by atoms with Crippen LogP contribution in [0.4, 0.5) is 0 Å². The average molecular weight is 551 g/mol. The number of amidine groups is 1. The summed E-state index contributed by atoms with van der Waals surface area (Å²) >= 11 is 0. The molecule has 1 aliphatic rings. The second-order valence-corrected chi connectivity index (χ2v) is 4.16. The Hall–Kier alpha value is 0.000130. The molecule has 0 saturated carbocycles. The standard InChI is InChI=1S/C14H16N2.2BrH.Hf/c1-9-10(2)13(14(15)16)8-7-12(9)11-5-3-4-6-11;;;/h3-8,11H,1-2H3,(H3,15,16);2*1H;/p-2. The van der Waals surface area contributed by atoms with Crippen LogP contribution in [0.3, 0.4) is 0 Å². The molecular weight excluding hydrogens is 534 g/mol. The van der Waals surface area contributed by atoms with Crippen molar-refractivity contribution >= 4 is 5.84 Å². The van der Waals surface area contributed by atoms with Crippen molar-refractivity contribution in [3.63, 3.8) is 0 Å². The molecule has 1 aromatic rings. The summed E-state index contributed by atoms with van der Waals surface area (Å²) in [5.41, 5.74) is 10.0. The number of hydrogen-bond acceptors (Lipinski definition) is 1. The zero-order valence-electron chi connectivity index (χ0n) is 10.9. The molecule has 0 bridgehead atoms. The third-order valence-corrected chi connectivity index (χ3v) is 3.23. The van der Waals surface area contributed by atoms with Crippen molar-refractivity contribution in [2.24, 2.45) is 5.73 Å². The van der Waals surface area contributed by atoms with E-state index in [1.54, 1.807) is 0 Å². The van der Waals surface area contributed by atoms with Gasteiger partial charge < -0.3 is 39.7 Å². The van der Waals surface area contributed by atoms with Crippen LogP contribution in [0, 0.1) is 19.3 Å². The third-order valence-electron chi connectivity index (χ3n) is 3.23. The molecule has 5 heteroatoms. The fourth-order valence-corrected chi connectivity index (χ4v) is 2.13. The van der Waals surface area contributed by atoms with E-state index in [1.807, 2.05) is 13.0 Å². The van der Waals surface area contributed by atoms with E-state index in [-0.39, 0.29) is 65.6 Å². The molecule has 0 unspecified atom stereocenters. The Morgan fingerprint density at radius 1 is 1.05 bits per heavy atom. The molecule has 2 rings (SSSR count). The zero-order valence-corrected chi connectivity index (χ0v) is 17.6. The second kappa shape index (κ2) is 9.03. The van der Waals surface area contributed by atoms with Crippen LogP contribution >= 0.6 is 0 Å². The molecule has 3 N–H and O–H groups in total. The Morgan fingerprint density at radius 3 is 2.05 bits per heavy atom. The Kier molecular flexibility index (Phi) is 10.1. The topological polar surface area (TPSA) is 49.9 Å². The van der Waals surface area contributed by atoms with E-state index in [2.05, 4.69) is 37.3 Å². The van der Waals surface area contributed by atoms with Gasteiger partial charge >= 0.3 is 0 Å². The number of nitrogens with one attached hydrogen (secondary N) is 1. The van der Waals surface area contributed by atoms with Gasteiger partial charge in [0.15, 0.2) is 0 Å². The monoisotopic (exact) mass is 550 g/mol. The fourth-order valence-electron chi connectivity index (χ4n) is 2.13. The maximum absolute atomic E-state index is 7.50. The molecule has 0 amide bonds. The minimum atomic E-state index is 0. The molecule has 0 heterocycles. The van der Waals surface area contributed by atoms with Crippen LogP contribution in [0.2, 0.25) is 0 Å². The SMILES string of the molecule is Cc1c(C(=N)N)ccc(C2C=CC=C2)c1C.[Br-].[Br-].[Hf]. The van der Waals surface area contributed by atoms with Gasteiger partial charge in [-0.3, -0.25) is 5.41 Å². The van der Waals surface area contributed by atoms with E-state index in [0.29, 0.717) is 5.92 Å². The summed E-state index contributed by atoms with van der Waals surface area (Å²) in [6.45, 7) is 4.12. The number of halogens is 2. The van der Waals surface area contributed by atoms with E-state index in [1.165, 1.54) is 11.1 Å². The van der Waals surface area contributed by atoms with Crippen molar-refractivity contribution in [1.29, 1.82) is 5.41 Å². The number of benzene rings is 1. The molecule has 2 nitrogen and oxygen atoms in total. The van der Waals surface area contributed by atoms with Gasteiger partial charge in [-0.1, -0.05) is 36.4 Å². The number of nitrogen functional groups attached to an aromatic ring is 1. The zero-order chi connectivity index (χ0) is 11.7. The maximum atomic E-state index is 7.50. The van der Waals surface area contributed by atoms with E-state index in [4.69, 9.17) is 11.1 Å². The van der Waals surface area contributed by atoms with E-state index in [0.717, 1.165) is 11.1 Å². The van der Waals surface area contributed by atoms with Gasteiger partial charge in [-0.25, -0.2) is 0 Å². The van der Waals surface area contributed by atoms with Crippen molar-refractivity contribution in [2.75, 3.05) is 0 Å². The first-order chi connectivity index (χ1) is 7.61. The largest absolute Gasteiger partial charge is 1.00 e. The molecular formula is C14H16Br2HfN2-2. The van der Waals surface area contributed by atoms with Crippen molar-refractivity contribution in [3.05, 3.63) is 58.7 Å². The van der Waals surface area contributed by atoms with E-state index in [9.17, 15) is 0 Å². The molecule has 1 aromatic carbocycles. The minimum Gasteiger partial charge on any atom is -1.00 e. The molecule has 0 spiro atoms. The Morgan fingerprint density at radius 2 is 1.58 bits per heavy atom. The summed E-state index contributed by atoms with van der Waals surface area (Å²) in [5.74, 6) is 0.518. The Balaban J connectivity index is 0. The summed E-state index contributed by atoms with van der Waals surface area (Å²) in [5, 5.41) is 7.50. The number of hydrogen-bond donors (Lipinski definition) is 2. The van der Waals surface area contributed by atoms with Gasteiger partial charge in [0.2, 0.25) is 0 Å². The summed E-state index contributed by atoms with van der Waals surface area (Å²) in [7, 11) is 0. The summed E-state index contributed by atoms with van der Waals surface area (Å²) in [4.78, 5) is 0. The molecule has 0 fully saturated rings. The van der Waals surface area contributed by atoms with Gasteiger partial charge in [0.05, 0.1) is 0 Å². The van der Waals surface area contributed by atoms with E-state index >= 15 is 0 Å². The number of allylic oxidation sites excluding steroid dienone is 4. The van der Waals surface area contributed by atoms with Crippen LogP contribution in [0.15, 0.2) is 36.4 Å². The van der Waals surface area contributed by atoms with Gasteiger partial charge in [-0.15, -0.1) is 0 Å². The minimum absolute atomic E-state index is 0. The average Bonchev–Trinajstić information content (AvgIpc) is 2.74. The van der Waals surface area contributed by atoms with Crippen molar-refractivity contribution in [2.45, 2.75) is 19.8 Å². The van der Waals surface area contributed by atoms with Gasteiger partial charge in [-0.05, 0) is 30.5 Å². The normalized spacial score (nSPS) is 12.3. The first-order valence-electron chi connectivity index (χ1n) is 5.40. The first kappa shape index (κ1) is 21.3. The predicted octanol–water partition coefficient (Wildman–Crippen LogP) is -3.20. The van der Waals surface area contributed by atoms with Gasteiger partial charge in [-0.2, -0.15) is 0 Å². The third kappa shape index (κ3) is 4.50. The fraction of sp³-hybridized carbons (Fsp3) is 0.214. The second-order valence-electron chi connectivity index (χ2n) is 4.16. The molecule has 0 saturated heterocycles. The molecule has 0 radical (unpaired) electrons. The molecule has 0 atom stereocenters. The Bertz CT molecular complexity index is 498. The van der Waals surface area contributed by atoms with Crippen molar-refractivity contribution in [1.82, 2.24) is 0 Å². The smallest absolute Gasteiger partial charge is 0.123 e. The summed E-state index contributed by atoms with van der Waals surface area (Å²) in [6, 6.07) is 4.02. The molecule has 1 aliphatic carbocycles. The van der Waals surface area contributed by atoms with Crippen LogP contribution in [0.5, 0.6) is 0 Å². The maximum Gasteiger partial charge on any atom is 0.123 e. The number of rotatable bonds is 2. The van der Waals surface area contributed by atoms with Crippen molar-refractivity contribution in [3.8, 4) is 0 Å². The molecule has 0 aromatic heterocycles. The van der Waals surface area contributed by atoms with Crippen LogP contribution < -0.4 is 39.7 Å². The first-order valence-corrected chi connectivity index (χ1v) is 5.40. The van der Waals surface area contributed by atoms with E-state index < -0.39 is 0 Å².